The standard InChI is InChI=1S/C34H44O9/c1-9-17(2)31(37)43-25-14-24(41-19(4)35)32(5)16-40-28-29(32)33(25,6)23(13-26(36)38-8)34(7)27-18(3)21(20-10-11-39-15-20)12-22(27)42-30(28)34/h9-11,15,21-25,28-30H,12-14,16H2,1-8H3/b17-9+/t21-,22-,23-,24-,25+,28-,29+,30-,32-,33+,34-/m1/s1/i4D3. The highest BCUT2D eigenvalue weighted by molar-refractivity contribution is 5.87. The maximum Gasteiger partial charge on any atom is 0.333 e. The molecule has 0 amide bonds. The highest BCUT2D eigenvalue weighted by atomic mass is 16.6. The molecule has 3 heterocycles. The molecule has 0 radical (unpaired) electrons. The van der Waals surface area contributed by atoms with Crippen LogP contribution in [-0.4, -0.2) is 62.1 Å². The predicted octanol–water partition coefficient (Wildman–Crippen LogP) is 5.29. The van der Waals surface area contributed by atoms with Crippen LogP contribution in [0, 0.1) is 28.1 Å². The number of methoxy groups -OCH3 is 1. The van der Waals surface area contributed by atoms with Crippen molar-refractivity contribution >= 4 is 17.9 Å². The van der Waals surface area contributed by atoms with Crippen molar-refractivity contribution in [2.75, 3.05) is 13.7 Å². The van der Waals surface area contributed by atoms with Gasteiger partial charge in [-0.2, -0.15) is 0 Å². The third-order valence-electron chi connectivity index (χ3n) is 11.9. The predicted molar refractivity (Wildman–Crippen MR) is 155 cm³/mol. The monoisotopic (exact) mass is 599 g/mol. The van der Waals surface area contributed by atoms with Crippen molar-refractivity contribution in [3.8, 4) is 0 Å². The van der Waals surface area contributed by atoms with E-state index in [4.69, 9.17) is 32.2 Å². The molecule has 6 rings (SSSR count). The molecule has 0 aromatic carbocycles. The van der Waals surface area contributed by atoms with E-state index in [0.717, 1.165) is 16.7 Å². The van der Waals surface area contributed by atoms with Gasteiger partial charge in [-0.15, -0.1) is 0 Å². The van der Waals surface area contributed by atoms with Gasteiger partial charge in [0.1, 0.15) is 12.2 Å². The van der Waals surface area contributed by atoms with Crippen molar-refractivity contribution in [1.29, 1.82) is 0 Å². The number of carbonyl (C=O) groups excluding carboxylic acids is 3. The van der Waals surface area contributed by atoms with Crippen molar-refractivity contribution in [2.45, 2.75) is 104 Å². The zero-order valence-corrected chi connectivity index (χ0v) is 25.9. The molecule has 2 aliphatic heterocycles. The van der Waals surface area contributed by atoms with Crippen molar-refractivity contribution < 1.29 is 46.6 Å². The summed E-state index contributed by atoms with van der Waals surface area (Å²) in [5.74, 6) is -3.04. The molecule has 1 aromatic rings. The first-order valence-electron chi connectivity index (χ1n) is 16.7. The van der Waals surface area contributed by atoms with Crippen molar-refractivity contribution in [2.24, 2.45) is 28.1 Å². The summed E-state index contributed by atoms with van der Waals surface area (Å²) in [5.41, 5.74) is 1.26. The zero-order chi connectivity index (χ0) is 33.6. The smallest absolute Gasteiger partial charge is 0.333 e. The Morgan fingerprint density at radius 3 is 2.58 bits per heavy atom. The SMILES string of the molecule is [2H]C([2H])([2H])C(=O)O[C@@H]1C[C@H](OC(=O)/C(C)=C/C)[C@@]2(C)[C@H]3[C@@H](OC[C@]13C)[C@H]1O[C@@H]3C[C@@H](c4ccoc4)C(C)=C3[C@@]1(C)[C@@H]2CC(=O)OC. The summed E-state index contributed by atoms with van der Waals surface area (Å²) in [4.78, 5) is 39.6. The second-order valence-corrected chi connectivity index (χ2v) is 13.7. The molecule has 0 spiro atoms. The first-order chi connectivity index (χ1) is 21.5. The van der Waals surface area contributed by atoms with Crippen LogP contribution in [-0.2, 0) is 38.1 Å². The number of esters is 3. The molecule has 2 saturated heterocycles. The summed E-state index contributed by atoms with van der Waals surface area (Å²) in [5, 5.41) is 0. The van der Waals surface area contributed by atoms with E-state index in [1.165, 1.54) is 7.11 Å². The van der Waals surface area contributed by atoms with Crippen LogP contribution in [0.25, 0.3) is 0 Å². The first kappa shape index (κ1) is 26.5. The molecule has 0 bridgehead atoms. The Hall–Kier alpha value is -2.91. The maximum absolute atomic E-state index is 13.5. The van der Waals surface area contributed by atoms with Crippen LogP contribution in [0.4, 0.5) is 0 Å². The van der Waals surface area contributed by atoms with E-state index < -0.39 is 77.3 Å². The lowest BCUT2D eigenvalue weighted by Gasteiger charge is -2.65. The van der Waals surface area contributed by atoms with Crippen molar-refractivity contribution in [3.63, 3.8) is 0 Å². The molecule has 3 aliphatic carbocycles. The summed E-state index contributed by atoms with van der Waals surface area (Å²) in [6.45, 7) is 8.85. The second kappa shape index (κ2) is 10.3. The van der Waals surface area contributed by atoms with E-state index in [1.54, 1.807) is 32.4 Å². The fourth-order valence-electron chi connectivity index (χ4n) is 9.95. The van der Waals surface area contributed by atoms with E-state index in [-0.39, 0.29) is 31.5 Å². The number of hydrogen-bond donors (Lipinski definition) is 0. The normalized spacial score (nSPS) is 44.4. The number of hydrogen-bond acceptors (Lipinski definition) is 9. The molecule has 234 valence electrons. The zero-order valence-electron chi connectivity index (χ0n) is 28.9. The lowest BCUT2D eigenvalue weighted by Crippen LogP contribution is -2.71. The molecule has 5 aliphatic rings. The maximum atomic E-state index is 13.5. The van der Waals surface area contributed by atoms with Gasteiger partial charge in [0.15, 0.2) is 0 Å². The van der Waals surface area contributed by atoms with E-state index in [1.807, 2.05) is 19.9 Å². The van der Waals surface area contributed by atoms with Crippen LogP contribution >= 0.6 is 0 Å². The molecule has 11 atom stereocenters. The Kier molecular flexibility index (Phi) is 6.36. The van der Waals surface area contributed by atoms with E-state index in [2.05, 4.69) is 13.8 Å². The third kappa shape index (κ3) is 4.13. The molecule has 1 aromatic heterocycles. The van der Waals surface area contributed by atoms with Crippen molar-refractivity contribution in [1.82, 2.24) is 0 Å². The van der Waals surface area contributed by atoms with Gasteiger partial charge in [-0.05, 0) is 50.3 Å². The van der Waals surface area contributed by atoms with Gasteiger partial charge >= 0.3 is 17.9 Å². The quantitative estimate of drug-likeness (QED) is 0.186. The Labute approximate surface area is 257 Å². The first-order valence-corrected chi connectivity index (χ1v) is 15.2. The molecule has 9 heteroatoms. The molecular weight excluding hydrogens is 552 g/mol. The summed E-state index contributed by atoms with van der Waals surface area (Å²) >= 11 is 0. The Bertz CT molecular complexity index is 1480. The summed E-state index contributed by atoms with van der Waals surface area (Å²) in [6.07, 6.45) is 2.87. The van der Waals surface area contributed by atoms with Crippen LogP contribution in [0.3, 0.4) is 0 Å². The van der Waals surface area contributed by atoms with Crippen LogP contribution in [0.5, 0.6) is 0 Å². The molecule has 4 fully saturated rings. The number of rotatable bonds is 6. The lowest BCUT2D eigenvalue weighted by molar-refractivity contribution is -0.251. The van der Waals surface area contributed by atoms with Crippen LogP contribution < -0.4 is 0 Å². The number of ether oxygens (including phenoxy) is 5. The highest BCUT2D eigenvalue weighted by Gasteiger charge is 2.78. The molecular formula is C34H44O9. The van der Waals surface area contributed by atoms with Gasteiger partial charge in [-0.1, -0.05) is 32.4 Å². The highest BCUT2D eigenvalue weighted by Crippen LogP contribution is 2.74. The summed E-state index contributed by atoms with van der Waals surface area (Å²) in [6, 6.07) is 1.96. The van der Waals surface area contributed by atoms with Crippen LogP contribution in [0.15, 0.2) is 45.8 Å². The fraction of sp³-hybridized carbons (Fsp3) is 0.676. The Morgan fingerprint density at radius 1 is 1.16 bits per heavy atom. The van der Waals surface area contributed by atoms with Gasteiger partial charge in [-0.3, -0.25) is 9.59 Å². The van der Waals surface area contributed by atoms with Gasteiger partial charge in [-0.25, -0.2) is 4.79 Å². The van der Waals surface area contributed by atoms with Gasteiger partial charge in [0.05, 0.1) is 44.6 Å². The average Bonchev–Trinajstić information content (AvgIpc) is 3.77. The minimum absolute atomic E-state index is 0.0267. The minimum Gasteiger partial charge on any atom is -0.472 e. The minimum atomic E-state index is -2.97. The lowest BCUT2D eigenvalue weighted by atomic mass is 9.40. The number of furan rings is 1. The summed E-state index contributed by atoms with van der Waals surface area (Å²) in [7, 11) is 1.36. The number of carbonyl (C=O) groups is 3. The molecule has 2 saturated carbocycles. The Morgan fingerprint density at radius 2 is 1.93 bits per heavy atom. The van der Waals surface area contributed by atoms with Crippen LogP contribution in [0.2, 0.25) is 0 Å². The van der Waals surface area contributed by atoms with Crippen molar-refractivity contribution in [3.05, 3.63) is 47.0 Å². The second-order valence-electron chi connectivity index (χ2n) is 13.7. The third-order valence-corrected chi connectivity index (χ3v) is 11.9. The van der Waals surface area contributed by atoms with Crippen LogP contribution in [0.1, 0.15) is 83.3 Å². The largest absolute Gasteiger partial charge is 0.472 e. The molecule has 0 N–H and O–H groups in total. The van der Waals surface area contributed by atoms with E-state index in [0.29, 0.717) is 12.0 Å². The van der Waals surface area contributed by atoms with Gasteiger partial charge in [0, 0.05) is 57.5 Å². The van der Waals surface area contributed by atoms with Gasteiger partial charge in [0.2, 0.25) is 0 Å². The van der Waals surface area contributed by atoms with Gasteiger partial charge in [0.25, 0.3) is 0 Å². The molecule has 0 unspecified atom stereocenters. The fourth-order valence-corrected chi connectivity index (χ4v) is 9.95. The number of allylic oxidation sites excluding steroid dienone is 2. The topological polar surface area (TPSA) is 111 Å². The Balaban J connectivity index is 1.53. The van der Waals surface area contributed by atoms with E-state index in [9.17, 15) is 14.4 Å². The van der Waals surface area contributed by atoms with Gasteiger partial charge < -0.3 is 28.1 Å². The van der Waals surface area contributed by atoms with E-state index >= 15 is 0 Å². The number of fused-ring (bicyclic) bond motifs is 4. The molecule has 9 nitrogen and oxygen atoms in total. The average molecular weight is 600 g/mol. The molecule has 43 heavy (non-hydrogen) atoms. The summed E-state index contributed by atoms with van der Waals surface area (Å²) < 4.78 is 59.5.